The van der Waals surface area contributed by atoms with Crippen LogP contribution >= 0.6 is 11.8 Å². The van der Waals surface area contributed by atoms with Gasteiger partial charge in [-0.2, -0.15) is 11.8 Å². The van der Waals surface area contributed by atoms with E-state index in [-0.39, 0.29) is 5.54 Å². The smallest absolute Gasteiger partial charge is 0.0613 e. The second kappa shape index (κ2) is 4.42. The number of rotatable bonds is 4. The number of hydrogen-bond acceptors (Lipinski definition) is 3. The monoisotopic (exact) mass is 215 g/mol. The van der Waals surface area contributed by atoms with Gasteiger partial charge in [0.25, 0.3) is 0 Å². The lowest BCUT2D eigenvalue weighted by Crippen LogP contribution is -2.48. The van der Waals surface area contributed by atoms with Crippen LogP contribution in [0.3, 0.4) is 0 Å². The van der Waals surface area contributed by atoms with E-state index in [0.29, 0.717) is 12.6 Å². The first kappa shape index (κ1) is 10.8. The zero-order valence-electron chi connectivity index (χ0n) is 8.96. The van der Waals surface area contributed by atoms with Crippen LogP contribution in [0, 0.1) is 0 Å². The molecule has 2 rings (SSSR count). The Morgan fingerprint density at radius 3 is 2.64 bits per heavy atom. The van der Waals surface area contributed by atoms with Crippen LogP contribution in [0.5, 0.6) is 0 Å². The minimum atomic E-state index is 0.121. The second-order valence-electron chi connectivity index (χ2n) is 4.75. The molecule has 0 aromatic heterocycles. The molecule has 0 amide bonds. The van der Waals surface area contributed by atoms with Crippen molar-refractivity contribution in [1.29, 1.82) is 0 Å². The van der Waals surface area contributed by atoms with Gasteiger partial charge >= 0.3 is 0 Å². The maximum absolute atomic E-state index is 9.28. The van der Waals surface area contributed by atoms with E-state index in [0.717, 1.165) is 5.25 Å². The fourth-order valence-corrected chi connectivity index (χ4v) is 3.37. The van der Waals surface area contributed by atoms with Gasteiger partial charge in [0.2, 0.25) is 0 Å². The Morgan fingerprint density at radius 1 is 1.36 bits per heavy atom. The number of aliphatic hydroxyl groups excluding tert-OH is 1. The maximum atomic E-state index is 9.28. The van der Waals surface area contributed by atoms with Crippen molar-refractivity contribution in [3.05, 3.63) is 0 Å². The summed E-state index contributed by atoms with van der Waals surface area (Å²) < 4.78 is 0. The van der Waals surface area contributed by atoms with Crippen molar-refractivity contribution in [3.63, 3.8) is 0 Å². The third kappa shape index (κ3) is 2.26. The average molecular weight is 215 g/mol. The summed E-state index contributed by atoms with van der Waals surface area (Å²) in [5, 5.41) is 13.7. The summed E-state index contributed by atoms with van der Waals surface area (Å²) in [5.74, 6) is 0. The lowest BCUT2D eigenvalue weighted by molar-refractivity contribution is 0.208. The third-order valence-corrected chi connectivity index (χ3v) is 4.82. The summed E-state index contributed by atoms with van der Waals surface area (Å²) in [6, 6.07) is 0.647. The highest BCUT2D eigenvalue weighted by molar-refractivity contribution is 7.99. The molecule has 0 spiro atoms. The van der Waals surface area contributed by atoms with Crippen LogP contribution in [0.4, 0.5) is 0 Å². The predicted molar refractivity (Wildman–Crippen MR) is 61.7 cm³/mol. The highest BCUT2D eigenvalue weighted by Crippen LogP contribution is 2.38. The van der Waals surface area contributed by atoms with Gasteiger partial charge in [-0.1, -0.05) is 12.8 Å². The largest absolute Gasteiger partial charge is 0.394 e. The van der Waals surface area contributed by atoms with Crippen molar-refractivity contribution in [2.45, 2.75) is 55.4 Å². The molecule has 0 heterocycles. The quantitative estimate of drug-likeness (QED) is 0.750. The molecule has 0 radical (unpaired) electrons. The highest BCUT2D eigenvalue weighted by Gasteiger charge is 2.44. The highest BCUT2D eigenvalue weighted by atomic mass is 32.2. The molecule has 2 N–H and O–H groups in total. The van der Waals surface area contributed by atoms with E-state index in [4.69, 9.17) is 0 Å². The summed E-state index contributed by atoms with van der Waals surface area (Å²) in [7, 11) is 0. The Balaban J connectivity index is 1.88. The van der Waals surface area contributed by atoms with Crippen molar-refractivity contribution < 1.29 is 5.11 Å². The minimum Gasteiger partial charge on any atom is -0.394 e. The second-order valence-corrected chi connectivity index (χ2v) is 5.82. The average Bonchev–Trinajstić information content (AvgIpc) is 2.99. The first-order valence-electron chi connectivity index (χ1n) is 5.71. The van der Waals surface area contributed by atoms with Crippen LogP contribution < -0.4 is 5.32 Å². The number of hydrogen-bond donors (Lipinski definition) is 2. The van der Waals surface area contributed by atoms with E-state index >= 15 is 0 Å². The van der Waals surface area contributed by atoms with Crippen LogP contribution in [0.25, 0.3) is 0 Å². The van der Waals surface area contributed by atoms with Gasteiger partial charge in [-0.25, -0.2) is 0 Å². The molecule has 0 aliphatic heterocycles. The number of aliphatic hydroxyl groups is 1. The molecule has 2 aliphatic rings. The van der Waals surface area contributed by atoms with E-state index in [1.807, 2.05) is 11.8 Å². The van der Waals surface area contributed by atoms with Crippen LogP contribution in [-0.2, 0) is 0 Å². The molecule has 0 bridgehead atoms. The normalized spacial score (nSPS) is 35.6. The molecule has 14 heavy (non-hydrogen) atoms. The van der Waals surface area contributed by atoms with E-state index in [1.165, 1.54) is 38.5 Å². The van der Waals surface area contributed by atoms with Gasteiger partial charge in [-0.05, 0) is 31.9 Å². The van der Waals surface area contributed by atoms with Gasteiger partial charge in [0.05, 0.1) is 6.61 Å². The molecule has 82 valence electrons. The van der Waals surface area contributed by atoms with Gasteiger partial charge in [0, 0.05) is 16.8 Å². The van der Waals surface area contributed by atoms with Crippen molar-refractivity contribution in [1.82, 2.24) is 5.32 Å². The molecular weight excluding hydrogens is 194 g/mol. The maximum Gasteiger partial charge on any atom is 0.0613 e. The Bertz CT molecular complexity index is 194. The standard InChI is InChI=1S/C11H21NOS/c1-14-10-5-3-2-4-9(10)12-11(8-13)6-7-11/h9-10,12-13H,2-8H2,1H3. The van der Waals surface area contributed by atoms with Gasteiger partial charge in [-0.3, -0.25) is 0 Å². The Hall–Kier alpha value is 0.270. The fraction of sp³-hybridized carbons (Fsp3) is 1.00. The Kier molecular flexibility index (Phi) is 3.40. The molecule has 0 aromatic carbocycles. The van der Waals surface area contributed by atoms with E-state index in [9.17, 15) is 5.11 Å². The van der Waals surface area contributed by atoms with Gasteiger partial charge < -0.3 is 10.4 Å². The first-order valence-corrected chi connectivity index (χ1v) is 7.00. The molecule has 2 saturated carbocycles. The Labute approximate surface area is 90.8 Å². The molecule has 2 nitrogen and oxygen atoms in total. The number of nitrogens with one attached hydrogen (secondary N) is 1. The van der Waals surface area contributed by atoms with Crippen LogP contribution in [0.1, 0.15) is 38.5 Å². The summed E-state index contributed by atoms with van der Waals surface area (Å²) in [6.45, 7) is 0.324. The lowest BCUT2D eigenvalue weighted by Gasteiger charge is -2.34. The van der Waals surface area contributed by atoms with Crippen molar-refractivity contribution >= 4 is 11.8 Å². The van der Waals surface area contributed by atoms with Gasteiger partial charge in [0.1, 0.15) is 0 Å². The van der Waals surface area contributed by atoms with E-state index in [1.54, 1.807) is 0 Å². The molecular formula is C11H21NOS. The molecule has 2 fully saturated rings. The SMILES string of the molecule is CSC1CCCCC1NC1(CO)CC1. The van der Waals surface area contributed by atoms with Crippen LogP contribution in [0.2, 0.25) is 0 Å². The van der Waals surface area contributed by atoms with E-state index < -0.39 is 0 Å². The molecule has 2 atom stereocenters. The predicted octanol–water partition coefficient (Wildman–Crippen LogP) is 1.78. The van der Waals surface area contributed by atoms with E-state index in [2.05, 4.69) is 11.6 Å². The lowest BCUT2D eigenvalue weighted by atomic mass is 9.94. The third-order valence-electron chi connectivity index (χ3n) is 3.65. The Morgan fingerprint density at radius 2 is 2.07 bits per heavy atom. The minimum absolute atomic E-state index is 0.121. The van der Waals surface area contributed by atoms with Crippen molar-refractivity contribution in [2.24, 2.45) is 0 Å². The summed E-state index contributed by atoms with van der Waals surface area (Å²) in [5.41, 5.74) is 0.121. The fourth-order valence-electron chi connectivity index (χ4n) is 2.44. The van der Waals surface area contributed by atoms with Gasteiger partial charge in [-0.15, -0.1) is 0 Å². The zero-order chi connectivity index (χ0) is 10.0. The van der Waals surface area contributed by atoms with Crippen LogP contribution in [0.15, 0.2) is 0 Å². The number of thioether (sulfide) groups is 1. The summed E-state index contributed by atoms with van der Waals surface area (Å²) >= 11 is 1.99. The zero-order valence-corrected chi connectivity index (χ0v) is 9.78. The first-order chi connectivity index (χ1) is 6.79. The van der Waals surface area contributed by atoms with Crippen molar-refractivity contribution in [3.8, 4) is 0 Å². The van der Waals surface area contributed by atoms with Crippen molar-refractivity contribution in [2.75, 3.05) is 12.9 Å². The molecule has 0 aromatic rings. The molecule has 2 unspecified atom stereocenters. The molecule has 0 saturated heterocycles. The molecule has 3 heteroatoms. The van der Waals surface area contributed by atoms with Crippen LogP contribution in [-0.4, -0.2) is 34.8 Å². The van der Waals surface area contributed by atoms with Gasteiger partial charge in [0.15, 0.2) is 0 Å². The summed E-state index contributed by atoms with van der Waals surface area (Å²) in [4.78, 5) is 0. The molecule has 2 aliphatic carbocycles. The summed E-state index contributed by atoms with van der Waals surface area (Å²) in [6.07, 6.45) is 9.94. The topological polar surface area (TPSA) is 32.3 Å².